The second-order valence-electron chi connectivity index (χ2n) is 8.95. The molecule has 1 N–H and O–H groups in total. The second-order valence-corrected chi connectivity index (χ2v) is 11.2. The van der Waals surface area contributed by atoms with Crippen molar-refractivity contribution >= 4 is 39.1 Å². The minimum absolute atomic E-state index is 0.0438. The normalized spacial score (nSPS) is 11.9. The number of rotatable bonds is 12. The maximum atomic E-state index is 14.0. The van der Waals surface area contributed by atoms with E-state index in [0.717, 1.165) is 9.87 Å². The highest BCUT2D eigenvalue weighted by atomic mass is 35.5. The summed E-state index contributed by atoms with van der Waals surface area (Å²) in [7, 11) is -2.59. The Morgan fingerprint density at radius 1 is 1.00 bits per heavy atom. The van der Waals surface area contributed by atoms with Gasteiger partial charge in [-0.3, -0.25) is 13.9 Å². The molecule has 0 unspecified atom stereocenters. The van der Waals surface area contributed by atoms with Crippen LogP contribution in [0.2, 0.25) is 5.02 Å². The summed E-state index contributed by atoms with van der Waals surface area (Å²) in [4.78, 5) is 28.5. The average Bonchev–Trinajstić information content (AvgIpc) is 2.92. The summed E-state index contributed by atoms with van der Waals surface area (Å²) < 4.78 is 34.2. The molecule has 0 bridgehead atoms. The fourth-order valence-electron chi connectivity index (χ4n) is 4.31. The molecular formula is C29H34ClN3O5S. The monoisotopic (exact) mass is 571 g/mol. The van der Waals surface area contributed by atoms with E-state index in [1.54, 1.807) is 75.6 Å². The number of benzene rings is 3. The Kier molecular flexibility index (Phi) is 10.4. The van der Waals surface area contributed by atoms with E-state index in [-0.39, 0.29) is 17.3 Å². The van der Waals surface area contributed by atoms with Crippen molar-refractivity contribution in [3.63, 3.8) is 0 Å². The van der Waals surface area contributed by atoms with Crippen LogP contribution < -0.4 is 14.4 Å². The summed E-state index contributed by atoms with van der Waals surface area (Å²) in [6.07, 6.45) is 0.340. The molecule has 1 atom stereocenters. The van der Waals surface area contributed by atoms with Crippen LogP contribution in [-0.4, -0.2) is 51.4 Å². The van der Waals surface area contributed by atoms with E-state index < -0.39 is 28.5 Å². The van der Waals surface area contributed by atoms with Crippen molar-refractivity contribution in [3.8, 4) is 5.75 Å². The molecule has 8 nitrogen and oxygen atoms in total. The van der Waals surface area contributed by atoms with Crippen molar-refractivity contribution in [2.75, 3.05) is 24.5 Å². The minimum atomic E-state index is -4.14. The van der Waals surface area contributed by atoms with Gasteiger partial charge in [-0.2, -0.15) is 0 Å². The number of carbonyl (C=O) groups is 2. The number of carbonyl (C=O) groups excluding carboxylic acids is 2. The third kappa shape index (κ3) is 7.30. The topological polar surface area (TPSA) is 96.0 Å². The van der Waals surface area contributed by atoms with Gasteiger partial charge in [0, 0.05) is 18.1 Å². The van der Waals surface area contributed by atoms with Gasteiger partial charge in [-0.1, -0.05) is 48.9 Å². The van der Waals surface area contributed by atoms with Gasteiger partial charge in [-0.15, -0.1) is 0 Å². The lowest BCUT2D eigenvalue weighted by Crippen LogP contribution is -2.52. The van der Waals surface area contributed by atoms with Gasteiger partial charge in [-0.25, -0.2) is 8.42 Å². The number of likely N-dealkylation sites (N-methyl/N-ethyl adjacent to an activating group) is 1. The molecule has 0 spiro atoms. The van der Waals surface area contributed by atoms with Crippen molar-refractivity contribution in [2.24, 2.45) is 0 Å². The molecule has 3 rings (SSSR count). The summed E-state index contributed by atoms with van der Waals surface area (Å²) in [5.41, 5.74) is 1.65. The van der Waals surface area contributed by atoms with E-state index in [1.165, 1.54) is 17.0 Å². The van der Waals surface area contributed by atoms with Gasteiger partial charge in [-0.05, 0) is 73.9 Å². The highest BCUT2D eigenvalue weighted by Crippen LogP contribution is 2.29. The Labute approximate surface area is 235 Å². The number of anilines is 1. The number of halogens is 1. The van der Waals surface area contributed by atoms with Gasteiger partial charge < -0.3 is 15.0 Å². The van der Waals surface area contributed by atoms with Gasteiger partial charge in [0.05, 0.1) is 17.7 Å². The van der Waals surface area contributed by atoms with Gasteiger partial charge in [0.25, 0.3) is 10.0 Å². The Morgan fingerprint density at radius 2 is 1.72 bits per heavy atom. The third-order valence-electron chi connectivity index (χ3n) is 6.26. The highest BCUT2D eigenvalue weighted by Gasteiger charge is 2.34. The van der Waals surface area contributed by atoms with Crippen LogP contribution in [-0.2, 0) is 26.2 Å². The Morgan fingerprint density at radius 3 is 2.33 bits per heavy atom. The molecule has 0 fully saturated rings. The number of methoxy groups -OCH3 is 1. The first-order chi connectivity index (χ1) is 18.6. The summed E-state index contributed by atoms with van der Waals surface area (Å²) in [6.45, 7) is 5.32. The van der Waals surface area contributed by atoms with Crippen LogP contribution in [0.5, 0.6) is 5.75 Å². The number of amides is 2. The minimum Gasteiger partial charge on any atom is -0.497 e. The zero-order valence-electron chi connectivity index (χ0n) is 22.6. The number of hydrogen-bond donors (Lipinski definition) is 1. The van der Waals surface area contributed by atoms with Crippen LogP contribution in [0.3, 0.4) is 0 Å². The SMILES string of the molecule is CCNC(=O)[C@@H](CC)N(Cc1cccc(OC)c1)C(=O)CN(c1ccc(Cl)cc1C)S(=O)(=O)c1ccccc1. The zero-order valence-corrected chi connectivity index (χ0v) is 24.1. The molecule has 0 aliphatic heterocycles. The van der Waals surface area contributed by atoms with Gasteiger partial charge >= 0.3 is 0 Å². The standard InChI is InChI=1S/C29H34ClN3O5S/c1-5-26(29(35)31-6-2)32(19-22-11-10-12-24(18-22)38-4)28(34)20-33(27-16-15-23(30)17-21(27)3)39(36,37)25-13-8-7-9-14-25/h7-18,26H,5-6,19-20H2,1-4H3,(H,31,35)/t26-/m1/s1. The van der Waals surface area contributed by atoms with E-state index in [1.807, 2.05) is 13.0 Å². The van der Waals surface area contributed by atoms with Crippen LogP contribution in [0.25, 0.3) is 0 Å². The molecule has 0 saturated carbocycles. The first-order valence-corrected chi connectivity index (χ1v) is 14.5. The molecule has 0 radical (unpaired) electrons. The van der Waals surface area contributed by atoms with E-state index in [4.69, 9.17) is 16.3 Å². The summed E-state index contributed by atoms with van der Waals surface area (Å²) in [5, 5.41) is 3.24. The molecule has 0 saturated heterocycles. The van der Waals surface area contributed by atoms with Gasteiger partial charge in [0.1, 0.15) is 18.3 Å². The predicted octanol–water partition coefficient (Wildman–Crippen LogP) is 4.80. The van der Waals surface area contributed by atoms with Crippen LogP contribution >= 0.6 is 11.6 Å². The van der Waals surface area contributed by atoms with E-state index >= 15 is 0 Å². The van der Waals surface area contributed by atoms with Crippen molar-refractivity contribution in [2.45, 2.75) is 44.7 Å². The van der Waals surface area contributed by atoms with E-state index in [9.17, 15) is 18.0 Å². The molecule has 3 aromatic rings. The van der Waals surface area contributed by atoms with Gasteiger partial charge in [0.15, 0.2) is 0 Å². The third-order valence-corrected chi connectivity index (χ3v) is 8.27. The molecular weight excluding hydrogens is 538 g/mol. The molecule has 39 heavy (non-hydrogen) atoms. The maximum Gasteiger partial charge on any atom is 0.264 e. The van der Waals surface area contributed by atoms with Crippen molar-refractivity contribution in [1.29, 1.82) is 0 Å². The van der Waals surface area contributed by atoms with Gasteiger partial charge in [0.2, 0.25) is 11.8 Å². The molecule has 10 heteroatoms. The van der Waals surface area contributed by atoms with Crippen molar-refractivity contribution < 1.29 is 22.7 Å². The van der Waals surface area contributed by atoms with Crippen molar-refractivity contribution in [3.05, 3.63) is 88.9 Å². The van der Waals surface area contributed by atoms with Crippen LogP contribution in [0.1, 0.15) is 31.4 Å². The lowest BCUT2D eigenvalue weighted by molar-refractivity contribution is -0.140. The van der Waals surface area contributed by atoms with Crippen LogP contribution in [0, 0.1) is 6.92 Å². The Balaban J connectivity index is 2.09. The summed E-state index contributed by atoms with van der Waals surface area (Å²) in [6, 6.07) is 19.1. The number of ether oxygens (including phenoxy) is 1. The molecule has 0 aliphatic carbocycles. The number of nitrogens with zero attached hydrogens (tertiary/aromatic N) is 2. The lowest BCUT2D eigenvalue weighted by atomic mass is 10.1. The first-order valence-electron chi connectivity index (χ1n) is 12.7. The first kappa shape index (κ1) is 30.0. The largest absolute Gasteiger partial charge is 0.497 e. The average molecular weight is 572 g/mol. The fourth-order valence-corrected chi connectivity index (χ4v) is 6.04. The number of aryl methyl sites for hydroxylation is 1. The summed E-state index contributed by atoms with van der Waals surface area (Å²) >= 11 is 6.15. The Bertz CT molecular complexity index is 1400. The molecule has 0 heterocycles. The van der Waals surface area contributed by atoms with Crippen LogP contribution in [0.15, 0.2) is 77.7 Å². The fraction of sp³-hybridized carbons (Fsp3) is 0.310. The number of sulfonamides is 1. The molecule has 3 aromatic carbocycles. The highest BCUT2D eigenvalue weighted by molar-refractivity contribution is 7.92. The lowest BCUT2D eigenvalue weighted by Gasteiger charge is -2.33. The molecule has 2 amide bonds. The molecule has 0 aromatic heterocycles. The van der Waals surface area contributed by atoms with Crippen LogP contribution in [0.4, 0.5) is 5.69 Å². The van der Waals surface area contributed by atoms with E-state index in [0.29, 0.717) is 35.0 Å². The maximum absolute atomic E-state index is 14.0. The number of hydrogen-bond acceptors (Lipinski definition) is 5. The molecule has 0 aliphatic rings. The second kappa shape index (κ2) is 13.5. The Hall–Kier alpha value is -3.56. The zero-order chi connectivity index (χ0) is 28.6. The predicted molar refractivity (Wildman–Crippen MR) is 153 cm³/mol. The van der Waals surface area contributed by atoms with Crippen molar-refractivity contribution in [1.82, 2.24) is 10.2 Å². The summed E-state index contributed by atoms with van der Waals surface area (Å²) in [5.74, 6) is -0.225. The van der Waals surface area contributed by atoms with E-state index in [2.05, 4.69) is 5.32 Å². The molecule has 208 valence electrons. The smallest absolute Gasteiger partial charge is 0.264 e. The number of nitrogens with one attached hydrogen (secondary N) is 1. The quantitative estimate of drug-likeness (QED) is 0.337.